The van der Waals surface area contributed by atoms with Crippen molar-refractivity contribution in [3.05, 3.63) is 65.2 Å². The van der Waals surface area contributed by atoms with Gasteiger partial charge < -0.3 is 15.0 Å². The zero-order valence-electron chi connectivity index (χ0n) is 19.4. The second-order valence-corrected chi connectivity index (χ2v) is 10.6. The molecule has 2 fully saturated rings. The van der Waals surface area contributed by atoms with E-state index in [4.69, 9.17) is 4.74 Å². The van der Waals surface area contributed by atoms with Gasteiger partial charge in [0.1, 0.15) is 0 Å². The number of nitrogens with one attached hydrogen (secondary N) is 1. The lowest BCUT2D eigenvalue weighted by Crippen LogP contribution is -2.41. The largest absolute Gasteiger partial charge is 0.379 e. The number of carbonyl (C=O) groups is 2. The van der Waals surface area contributed by atoms with Crippen molar-refractivity contribution in [2.24, 2.45) is 5.92 Å². The molecule has 9 heteroatoms. The molecule has 2 amide bonds. The van der Waals surface area contributed by atoms with Crippen molar-refractivity contribution >= 4 is 27.5 Å². The molecule has 2 saturated heterocycles. The molecule has 0 saturated carbocycles. The lowest BCUT2D eigenvalue weighted by molar-refractivity contribution is -0.126. The fourth-order valence-corrected chi connectivity index (χ4v) is 6.06. The number of hydrogen-bond acceptors (Lipinski definition) is 5. The van der Waals surface area contributed by atoms with Crippen LogP contribution in [0.2, 0.25) is 0 Å². The van der Waals surface area contributed by atoms with Gasteiger partial charge in [-0.25, -0.2) is 8.42 Å². The number of aryl methyl sites for hydroxylation is 1. The monoisotopic (exact) mass is 485 g/mol. The summed E-state index contributed by atoms with van der Waals surface area (Å²) in [6, 6.07) is 15.0. The number of benzene rings is 2. The van der Waals surface area contributed by atoms with E-state index in [2.05, 4.69) is 5.32 Å². The number of rotatable bonds is 8. The number of anilines is 1. The maximum absolute atomic E-state index is 12.9. The summed E-state index contributed by atoms with van der Waals surface area (Å²) in [4.78, 5) is 27.3. The van der Waals surface area contributed by atoms with Crippen LogP contribution in [0.15, 0.2) is 48.5 Å². The van der Waals surface area contributed by atoms with Gasteiger partial charge in [-0.3, -0.25) is 9.59 Å². The molecule has 2 heterocycles. The number of morpholine rings is 1. The molecule has 0 aromatic heterocycles. The first-order chi connectivity index (χ1) is 16.4. The van der Waals surface area contributed by atoms with Crippen LogP contribution in [0.3, 0.4) is 0 Å². The fraction of sp³-hybridized carbons (Fsp3) is 0.440. The summed E-state index contributed by atoms with van der Waals surface area (Å²) in [7, 11) is -3.48. The van der Waals surface area contributed by atoms with Gasteiger partial charge in [0.2, 0.25) is 21.8 Å². The van der Waals surface area contributed by atoms with Crippen molar-refractivity contribution < 1.29 is 22.7 Å². The number of para-hydroxylation sites is 1. The summed E-state index contributed by atoms with van der Waals surface area (Å²) in [5.74, 6) is -0.821. The Morgan fingerprint density at radius 2 is 1.68 bits per heavy atom. The molecular formula is C25H31N3O5S. The van der Waals surface area contributed by atoms with E-state index in [1.807, 2.05) is 43.3 Å². The summed E-state index contributed by atoms with van der Waals surface area (Å²) in [6.07, 6.45) is 0.970. The van der Waals surface area contributed by atoms with Crippen LogP contribution in [0, 0.1) is 5.92 Å². The zero-order valence-corrected chi connectivity index (χ0v) is 20.2. The van der Waals surface area contributed by atoms with Gasteiger partial charge in [-0.15, -0.1) is 0 Å². The highest BCUT2D eigenvalue weighted by atomic mass is 32.2. The van der Waals surface area contributed by atoms with Gasteiger partial charge in [0.25, 0.3) is 0 Å². The minimum Gasteiger partial charge on any atom is -0.379 e. The number of amides is 2. The normalized spacial score (nSPS) is 19.4. The van der Waals surface area contributed by atoms with Crippen LogP contribution in [-0.4, -0.2) is 57.4 Å². The molecule has 0 radical (unpaired) electrons. The van der Waals surface area contributed by atoms with Crippen LogP contribution >= 0.6 is 0 Å². The second-order valence-electron chi connectivity index (χ2n) is 8.64. The SMILES string of the molecule is CCc1ccccc1N1C[C@@H](C(=O)NCc2ccccc2CS(=O)(=O)N2CCOCC2)CC1=O. The Labute approximate surface area is 200 Å². The maximum atomic E-state index is 12.9. The van der Waals surface area contributed by atoms with E-state index < -0.39 is 15.9 Å². The molecule has 0 bridgehead atoms. The number of carbonyl (C=O) groups excluding carboxylic acids is 2. The highest BCUT2D eigenvalue weighted by Crippen LogP contribution is 2.28. The van der Waals surface area contributed by atoms with E-state index in [1.165, 1.54) is 4.31 Å². The first-order valence-electron chi connectivity index (χ1n) is 11.7. The molecule has 1 N–H and O–H groups in total. The summed E-state index contributed by atoms with van der Waals surface area (Å²) < 4.78 is 32.4. The molecule has 4 rings (SSSR count). The molecule has 8 nitrogen and oxygen atoms in total. The molecule has 1 atom stereocenters. The average Bonchev–Trinajstić information content (AvgIpc) is 3.25. The molecule has 0 spiro atoms. The lowest BCUT2D eigenvalue weighted by Gasteiger charge is -2.26. The van der Waals surface area contributed by atoms with Gasteiger partial charge in [0, 0.05) is 38.3 Å². The van der Waals surface area contributed by atoms with Crippen molar-refractivity contribution in [2.45, 2.75) is 32.1 Å². The van der Waals surface area contributed by atoms with E-state index in [1.54, 1.807) is 17.0 Å². The summed E-state index contributed by atoms with van der Waals surface area (Å²) in [5, 5.41) is 2.92. The van der Waals surface area contributed by atoms with Gasteiger partial charge in [0.15, 0.2) is 0 Å². The van der Waals surface area contributed by atoms with Gasteiger partial charge in [-0.05, 0) is 29.2 Å². The highest BCUT2D eigenvalue weighted by Gasteiger charge is 2.35. The number of ether oxygens (including phenoxy) is 1. The topological polar surface area (TPSA) is 96.0 Å². The number of nitrogens with zero attached hydrogens (tertiary/aromatic N) is 2. The van der Waals surface area contributed by atoms with Crippen molar-refractivity contribution in [3.8, 4) is 0 Å². The predicted molar refractivity (Wildman–Crippen MR) is 130 cm³/mol. The molecule has 2 aliphatic rings. The molecule has 34 heavy (non-hydrogen) atoms. The third kappa shape index (κ3) is 5.48. The van der Waals surface area contributed by atoms with E-state index in [-0.39, 0.29) is 30.5 Å². The van der Waals surface area contributed by atoms with Crippen LogP contribution in [0.1, 0.15) is 30.0 Å². The van der Waals surface area contributed by atoms with Crippen molar-refractivity contribution in [1.29, 1.82) is 0 Å². The first-order valence-corrected chi connectivity index (χ1v) is 13.3. The number of sulfonamides is 1. The van der Waals surface area contributed by atoms with Crippen molar-refractivity contribution in [1.82, 2.24) is 9.62 Å². The van der Waals surface area contributed by atoms with E-state index in [0.29, 0.717) is 38.4 Å². The van der Waals surface area contributed by atoms with Gasteiger partial charge >= 0.3 is 0 Å². The molecule has 0 unspecified atom stereocenters. The Morgan fingerprint density at radius 1 is 1.03 bits per heavy atom. The van der Waals surface area contributed by atoms with Gasteiger partial charge in [-0.1, -0.05) is 49.4 Å². The van der Waals surface area contributed by atoms with E-state index in [9.17, 15) is 18.0 Å². The number of hydrogen-bond donors (Lipinski definition) is 1. The van der Waals surface area contributed by atoms with Crippen LogP contribution in [-0.2, 0) is 43.1 Å². The summed E-state index contributed by atoms with van der Waals surface area (Å²) in [6.45, 7) is 4.11. The van der Waals surface area contributed by atoms with Crippen LogP contribution in [0.5, 0.6) is 0 Å². The average molecular weight is 486 g/mol. The van der Waals surface area contributed by atoms with E-state index in [0.717, 1.165) is 23.2 Å². The lowest BCUT2D eigenvalue weighted by atomic mass is 10.1. The molecule has 2 aliphatic heterocycles. The highest BCUT2D eigenvalue weighted by molar-refractivity contribution is 7.88. The zero-order chi connectivity index (χ0) is 24.1. The molecule has 2 aromatic carbocycles. The summed E-state index contributed by atoms with van der Waals surface area (Å²) >= 11 is 0. The molecule has 2 aromatic rings. The Morgan fingerprint density at radius 3 is 2.38 bits per heavy atom. The molecule has 0 aliphatic carbocycles. The van der Waals surface area contributed by atoms with Crippen LogP contribution in [0.25, 0.3) is 0 Å². The summed E-state index contributed by atoms with van der Waals surface area (Å²) in [5.41, 5.74) is 3.36. The van der Waals surface area contributed by atoms with Gasteiger partial charge in [0.05, 0.1) is 24.9 Å². The Hall–Kier alpha value is -2.75. The third-order valence-corrected chi connectivity index (χ3v) is 8.26. The third-order valence-electron chi connectivity index (χ3n) is 6.43. The standard InChI is InChI=1S/C25H31N3O5S/c1-2-19-7-5-6-10-23(19)28-17-22(15-24(28)29)25(30)26-16-20-8-3-4-9-21(20)18-34(31,32)27-11-13-33-14-12-27/h3-10,22H,2,11-18H2,1H3,(H,26,30)/t22-/m0/s1. The van der Waals surface area contributed by atoms with Crippen molar-refractivity contribution in [3.63, 3.8) is 0 Å². The Bertz CT molecular complexity index is 1140. The van der Waals surface area contributed by atoms with Crippen LogP contribution < -0.4 is 10.2 Å². The molecule has 182 valence electrons. The minimum atomic E-state index is -3.48. The van der Waals surface area contributed by atoms with E-state index >= 15 is 0 Å². The molecular weight excluding hydrogens is 454 g/mol. The Kier molecular flexibility index (Phi) is 7.65. The predicted octanol–water partition coefficient (Wildman–Crippen LogP) is 2.08. The maximum Gasteiger partial charge on any atom is 0.227 e. The smallest absolute Gasteiger partial charge is 0.227 e. The quantitative estimate of drug-likeness (QED) is 0.618. The fourth-order valence-electron chi connectivity index (χ4n) is 4.50. The first kappa shape index (κ1) is 24.4. The second kappa shape index (κ2) is 10.7. The Balaban J connectivity index is 1.39. The van der Waals surface area contributed by atoms with Gasteiger partial charge in [-0.2, -0.15) is 4.31 Å². The minimum absolute atomic E-state index is 0.0574. The van der Waals surface area contributed by atoms with Crippen LogP contribution in [0.4, 0.5) is 5.69 Å². The van der Waals surface area contributed by atoms with Crippen molar-refractivity contribution in [2.75, 3.05) is 37.7 Å².